The molecule has 2 fully saturated rings. The Balaban J connectivity index is 1.61. The minimum atomic E-state index is -0.395. The first kappa shape index (κ1) is 17.9. The summed E-state index contributed by atoms with van der Waals surface area (Å²) in [4.78, 5) is 23.6. The summed E-state index contributed by atoms with van der Waals surface area (Å²) in [7, 11) is 1.86. The summed E-state index contributed by atoms with van der Waals surface area (Å²) in [6.45, 7) is 1.89. The number of piperidine rings is 2. The highest BCUT2D eigenvalue weighted by molar-refractivity contribution is 6.02. The van der Waals surface area contributed by atoms with E-state index in [0.717, 1.165) is 41.8 Å². The van der Waals surface area contributed by atoms with Crippen LogP contribution in [0.25, 0.3) is 10.9 Å². The number of hydrogen-bond donors (Lipinski definition) is 4. The molecule has 0 saturated carbocycles. The van der Waals surface area contributed by atoms with Gasteiger partial charge in [-0.25, -0.2) is 0 Å². The van der Waals surface area contributed by atoms with Crippen molar-refractivity contribution in [1.82, 2.24) is 20.4 Å². The Kier molecular flexibility index (Phi) is 4.84. The van der Waals surface area contributed by atoms with E-state index >= 15 is 0 Å². The third-order valence-electron chi connectivity index (χ3n) is 5.64. The van der Waals surface area contributed by atoms with Crippen LogP contribution in [-0.4, -0.2) is 52.4 Å². The average molecular weight is 371 g/mol. The van der Waals surface area contributed by atoms with Crippen LogP contribution in [0.2, 0.25) is 0 Å². The number of nitrogens with zero attached hydrogens (tertiary/aromatic N) is 2. The molecule has 2 saturated heterocycles. The van der Waals surface area contributed by atoms with Gasteiger partial charge in [0, 0.05) is 49.7 Å². The molecule has 1 aromatic carbocycles. The van der Waals surface area contributed by atoms with Gasteiger partial charge in [-0.05, 0) is 37.6 Å². The van der Waals surface area contributed by atoms with E-state index in [-0.39, 0.29) is 30.4 Å². The van der Waals surface area contributed by atoms with Crippen molar-refractivity contribution in [2.45, 2.75) is 31.2 Å². The van der Waals surface area contributed by atoms with Gasteiger partial charge in [0.2, 0.25) is 11.8 Å². The fourth-order valence-corrected chi connectivity index (χ4v) is 4.11. The van der Waals surface area contributed by atoms with Crippen LogP contribution in [0, 0.1) is 5.92 Å². The van der Waals surface area contributed by atoms with Gasteiger partial charge in [0.25, 0.3) is 0 Å². The molecule has 2 amide bonds. The minimum Gasteiger partial charge on any atom is -0.396 e. The predicted molar refractivity (Wildman–Crippen MR) is 101 cm³/mol. The van der Waals surface area contributed by atoms with Crippen molar-refractivity contribution < 1.29 is 14.7 Å². The van der Waals surface area contributed by atoms with Crippen molar-refractivity contribution >= 4 is 28.4 Å². The number of anilines is 1. The summed E-state index contributed by atoms with van der Waals surface area (Å²) >= 11 is 0. The maximum atomic E-state index is 12.2. The van der Waals surface area contributed by atoms with Crippen LogP contribution < -0.4 is 16.0 Å². The Morgan fingerprint density at radius 1 is 1.33 bits per heavy atom. The summed E-state index contributed by atoms with van der Waals surface area (Å²) in [6, 6.07) is 6.24. The molecule has 4 rings (SSSR count). The van der Waals surface area contributed by atoms with E-state index in [9.17, 15) is 14.7 Å². The maximum absolute atomic E-state index is 12.2. The third kappa shape index (κ3) is 3.42. The molecule has 4 N–H and O–H groups in total. The van der Waals surface area contributed by atoms with Gasteiger partial charge >= 0.3 is 0 Å². The number of carbonyl (C=O) groups is 2. The third-order valence-corrected chi connectivity index (χ3v) is 5.64. The molecule has 0 aliphatic carbocycles. The van der Waals surface area contributed by atoms with Crippen molar-refractivity contribution in [3.05, 3.63) is 23.9 Å². The Labute approximate surface area is 157 Å². The van der Waals surface area contributed by atoms with Gasteiger partial charge in [-0.15, -0.1) is 0 Å². The highest BCUT2D eigenvalue weighted by Crippen LogP contribution is 2.32. The Morgan fingerprint density at radius 3 is 2.96 bits per heavy atom. The number of nitrogens with one attached hydrogen (secondary N) is 3. The number of carbonyl (C=O) groups excluding carboxylic acids is 2. The van der Waals surface area contributed by atoms with Crippen molar-refractivity contribution in [3.8, 4) is 0 Å². The van der Waals surface area contributed by atoms with Crippen LogP contribution in [0.1, 0.15) is 30.9 Å². The molecule has 2 aliphatic rings. The molecule has 1 aromatic heterocycles. The Bertz CT molecular complexity index is 878. The van der Waals surface area contributed by atoms with Crippen LogP contribution in [-0.2, 0) is 16.6 Å². The molecular formula is C19H25N5O3. The molecule has 0 radical (unpaired) electrons. The van der Waals surface area contributed by atoms with Gasteiger partial charge in [-0.2, -0.15) is 5.10 Å². The van der Waals surface area contributed by atoms with Crippen LogP contribution in [0.3, 0.4) is 0 Å². The van der Waals surface area contributed by atoms with E-state index in [1.807, 2.05) is 25.2 Å². The zero-order valence-corrected chi connectivity index (χ0v) is 15.4. The average Bonchev–Trinajstić information content (AvgIpc) is 2.98. The molecule has 3 atom stereocenters. The quantitative estimate of drug-likeness (QED) is 0.582. The second kappa shape index (κ2) is 7.28. The first-order valence-corrected chi connectivity index (χ1v) is 9.45. The molecule has 8 heteroatoms. The number of hydrogen-bond acceptors (Lipinski definition) is 6. The topological polar surface area (TPSA) is 108 Å². The van der Waals surface area contributed by atoms with Gasteiger partial charge in [-0.1, -0.05) is 0 Å². The van der Waals surface area contributed by atoms with Gasteiger partial charge in [-0.3, -0.25) is 19.6 Å². The van der Waals surface area contributed by atoms with Crippen LogP contribution in [0.5, 0.6) is 0 Å². The largest absolute Gasteiger partial charge is 0.396 e. The van der Waals surface area contributed by atoms with E-state index in [0.29, 0.717) is 12.8 Å². The molecule has 2 aliphatic heterocycles. The highest BCUT2D eigenvalue weighted by Gasteiger charge is 2.31. The number of imide groups is 1. The lowest BCUT2D eigenvalue weighted by Gasteiger charge is -2.32. The standard InChI is InChI=1S/C19H25N5O3/c1-24-16-8-12(21-15-6-7-20-9-11(15)10-25)2-3-13(16)18(23-24)14-4-5-17(26)22-19(14)27/h2-3,8,11,14-15,20-21,25H,4-7,9-10H2,1H3,(H,22,26,27)/t11-,14?,15-/m0/s1. The lowest BCUT2D eigenvalue weighted by Crippen LogP contribution is -2.45. The van der Waals surface area contributed by atoms with E-state index in [1.165, 1.54) is 0 Å². The van der Waals surface area contributed by atoms with Crippen LogP contribution in [0.4, 0.5) is 5.69 Å². The van der Waals surface area contributed by atoms with Gasteiger partial charge in [0.05, 0.1) is 17.1 Å². The number of aliphatic hydroxyl groups is 1. The maximum Gasteiger partial charge on any atom is 0.235 e. The monoisotopic (exact) mass is 371 g/mol. The van der Waals surface area contributed by atoms with E-state index < -0.39 is 5.92 Å². The highest BCUT2D eigenvalue weighted by atomic mass is 16.3. The van der Waals surface area contributed by atoms with E-state index in [1.54, 1.807) is 4.68 Å². The van der Waals surface area contributed by atoms with Crippen molar-refractivity contribution in [1.29, 1.82) is 0 Å². The summed E-state index contributed by atoms with van der Waals surface area (Å²) in [5.41, 5.74) is 2.64. The summed E-state index contributed by atoms with van der Waals surface area (Å²) < 4.78 is 1.78. The van der Waals surface area contributed by atoms with Crippen molar-refractivity contribution in [3.63, 3.8) is 0 Å². The number of rotatable bonds is 4. The van der Waals surface area contributed by atoms with Crippen LogP contribution in [0.15, 0.2) is 18.2 Å². The Morgan fingerprint density at radius 2 is 2.19 bits per heavy atom. The predicted octanol–water partition coefficient (Wildman–Crippen LogP) is 0.476. The summed E-state index contributed by atoms with van der Waals surface area (Å²) in [5.74, 6) is -0.703. The first-order chi connectivity index (χ1) is 13.1. The molecule has 3 heterocycles. The SMILES string of the molecule is Cn1nc(C2CCC(=O)NC2=O)c2ccc(N[C@H]3CCNC[C@H]3CO)cc21. The van der Waals surface area contributed by atoms with Gasteiger partial charge in [0.1, 0.15) is 0 Å². The molecule has 2 aromatic rings. The number of benzene rings is 1. The molecular weight excluding hydrogens is 346 g/mol. The number of aliphatic hydroxyl groups excluding tert-OH is 1. The first-order valence-electron chi connectivity index (χ1n) is 9.45. The lowest BCUT2D eigenvalue weighted by atomic mass is 9.92. The number of fused-ring (bicyclic) bond motifs is 1. The molecule has 27 heavy (non-hydrogen) atoms. The van der Waals surface area contributed by atoms with Crippen molar-refractivity contribution in [2.24, 2.45) is 13.0 Å². The fourth-order valence-electron chi connectivity index (χ4n) is 4.11. The van der Waals surface area contributed by atoms with Crippen molar-refractivity contribution in [2.75, 3.05) is 25.0 Å². The summed E-state index contributed by atoms with van der Waals surface area (Å²) in [5, 5.41) is 24.4. The number of amides is 2. The van der Waals surface area contributed by atoms with E-state index in [2.05, 4.69) is 21.0 Å². The second-order valence-electron chi connectivity index (χ2n) is 7.43. The van der Waals surface area contributed by atoms with E-state index in [4.69, 9.17) is 0 Å². The molecule has 144 valence electrons. The normalized spacial score (nSPS) is 26.2. The second-order valence-corrected chi connectivity index (χ2v) is 7.43. The zero-order chi connectivity index (χ0) is 19.0. The molecule has 8 nitrogen and oxygen atoms in total. The summed E-state index contributed by atoms with van der Waals surface area (Å²) in [6.07, 6.45) is 1.78. The Hall–Kier alpha value is -2.45. The lowest BCUT2D eigenvalue weighted by molar-refractivity contribution is -0.134. The minimum absolute atomic E-state index is 0.151. The van der Waals surface area contributed by atoms with Gasteiger partial charge < -0.3 is 15.7 Å². The molecule has 0 bridgehead atoms. The number of aromatic nitrogens is 2. The zero-order valence-electron chi connectivity index (χ0n) is 15.4. The molecule has 0 spiro atoms. The van der Waals surface area contributed by atoms with Crippen LogP contribution >= 0.6 is 0 Å². The van der Waals surface area contributed by atoms with Gasteiger partial charge in [0.15, 0.2) is 0 Å². The molecule has 1 unspecified atom stereocenters. The fraction of sp³-hybridized carbons (Fsp3) is 0.526. The number of aryl methyl sites for hydroxylation is 1. The smallest absolute Gasteiger partial charge is 0.235 e.